The second-order valence-corrected chi connectivity index (χ2v) is 7.97. The lowest BCUT2D eigenvalue weighted by molar-refractivity contribution is -0.138. The van der Waals surface area contributed by atoms with Crippen LogP contribution in [0.1, 0.15) is 22.4 Å². The van der Waals surface area contributed by atoms with Crippen molar-refractivity contribution in [3.63, 3.8) is 0 Å². The molecular formula is C19H20BrNO3S. The minimum Gasteiger partial charge on any atom is -0.461 e. The normalized spacial score (nSPS) is 10.8. The maximum atomic E-state index is 11.8. The van der Waals surface area contributed by atoms with E-state index in [1.807, 2.05) is 43.3 Å². The fourth-order valence-electron chi connectivity index (χ4n) is 2.06. The smallest absolute Gasteiger partial charge is 0.330 e. The molecule has 0 atom stereocenters. The fourth-order valence-corrected chi connectivity index (χ4v) is 3.39. The molecule has 1 heterocycles. The first kappa shape index (κ1) is 19.4. The summed E-state index contributed by atoms with van der Waals surface area (Å²) < 4.78 is 6.06. The highest BCUT2D eigenvalue weighted by Crippen LogP contribution is 2.22. The van der Waals surface area contributed by atoms with Gasteiger partial charge in [-0.05, 0) is 53.0 Å². The van der Waals surface area contributed by atoms with Crippen molar-refractivity contribution in [3.8, 4) is 0 Å². The molecule has 0 aliphatic carbocycles. The Hall–Kier alpha value is -1.92. The molecule has 0 spiro atoms. The van der Waals surface area contributed by atoms with E-state index in [0.717, 1.165) is 14.2 Å². The van der Waals surface area contributed by atoms with Crippen molar-refractivity contribution >= 4 is 45.2 Å². The molecule has 4 nitrogen and oxygen atoms in total. The highest BCUT2D eigenvalue weighted by Gasteiger charge is 2.03. The molecule has 2 rings (SSSR count). The lowest BCUT2D eigenvalue weighted by atomic mass is 10.1. The average Bonchev–Trinajstić information content (AvgIpc) is 3.02. The predicted octanol–water partition coefficient (Wildman–Crippen LogP) is 4.12. The average molecular weight is 422 g/mol. The molecule has 2 aromatic rings. The summed E-state index contributed by atoms with van der Waals surface area (Å²) in [6, 6.07) is 12.0. The van der Waals surface area contributed by atoms with E-state index in [1.54, 1.807) is 6.08 Å². The van der Waals surface area contributed by atoms with Gasteiger partial charge in [-0.1, -0.05) is 29.8 Å². The lowest BCUT2D eigenvalue weighted by Gasteiger charge is -2.06. The number of aryl methyl sites for hydroxylation is 2. The van der Waals surface area contributed by atoms with Crippen LogP contribution in [0.15, 0.2) is 46.3 Å². The van der Waals surface area contributed by atoms with Gasteiger partial charge in [-0.15, -0.1) is 11.3 Å². The van der Waals surface area contributed by atoms with Crippen molar-refractivity contribution in [1.29, 1.82) is 0 Å². The molecule has 1 aromatic heterocycles. The minimum absolute atomic E-state index is 0.0457. The summed E-state index contributed by atoms with van der Waals surface area (Å²) in [5.74, 6) is -0.464. The number of rotatable bonds is 8. The Morgan fingerprint density at radius 3 is 2.64 bits per heavy atom. The highest BCUT2D eigenvalue weighted by atomic mass is 79.9. The summed E-state index contributed by atoms with van der Waals surface area (Å²) in [5, 5.41) is 2.75. The first-order valence-corrected chi connectivity index (χ1v) is 9.56. The predicted molar refractivity (Wildman–Crippen MR) is 105 cm³/mol. The van der Waals surface area contributed by atoms with Crippen LogP contribution < -0.4 is 5.32 Å². The molecule has 132 valence electrons. The molecule has 0 bridgehead atoms. The molecule has 0 aliphatic rings. The van der Waals surface area contributed by atoms with E-state index < -0.39 is 5.97 Å². The van der Waals surface area contributed by atoms with Crippen LogP contribution in [0.2, 0.25) is 0 Å². The number of nitrogens with one attached hydrogen (secondary N) is 1. The highest BCUT2D eigenvalue weighted by molar-refractivity contribution is 9.11. The van der Waals surface area contributed by atoms with Gasteiger partial charge in [0, 0.05) is 17.4 Å². The second-order valence-electron chi connectivity index (χ2n) is 5.48. The third kappa shape index (κ3) is 7.67. The Balaban J connectivity index is 1.58. The zero-order chi connectivity index (χ0) is 18.1. The molecular weight excluding hydrogens is 402 g/mol. The van der Waals surface area contributed by atoms with Crippen molar-refractivity contribution in [2.75, 3.05) is 13.2 Å². The SMILES string of the molecule is Cc1ccc(CCC(=O)NCCOC(=O)/C=C\c2ccc(Br)s2)cc1. The molecule has 0 saturated heterocycles. The first-order chi connectivity index (χ1) is 12.0. The fraction of sp³-hybridized carbons (Fsp3) is 0.263. The largest absolute Gasteiger partial charge is 0.461 e. The zero-order valence-electron chi connectivity index (χ0n) is 14.0. The van der Waals surface area contributed by atoms with Crippen LogP contribution in [-0.4, -0.2) is 25.0 Å². The van der Waals surface area contributed by atoms with E-state index in [1.165, 1.54) is 23.0 Å². The van der Waals surface area contributed by atoms with Crippen molar-refractivity contribution < 1.29 is 14.3 Å². The number of amides is 1. The topological polar surface area (TPSA) is 55.4 Å². The number of thiophene rings is 1. The van der Waals surface area contributed by atoms with Crippen LogP contribution in [0.4, 0.5) is 0 Å². The van der Waals surface area contributed by atoms with Crippen LogP contribution in [0.25, 0.3) is 6.08 Å². The van der Waals surface area contributed by atoms with Gasteiger partial charge in [0.2, 0.25) is 5.91 Å². The van der Waals surface area contributed by atoms with Crippen molar-refractivity contribution in [2.45, 2.75) is 19.8 Å². The standard InChI is InChI=1S/C19H20BrNO3S/c1-14-2-4-15(5-3-14)6-10-18(22)21-12-13-24-19(23)11-8-16-7-9-17(20)25-16/h2-5,7-9,11H,6,10,12-13H2,1H3,(H,21,22)/b11-8-. The second kappa shape index (κ2) is 10.2. The number of carbonyl (C=O) groups is 2. The van der Waals surface area contributed by atoms with Gasteiger partial charge in [0.25, 0.3) is 0 Å². The van der Waals surface area contributed by atoms with E-state index in [9.17, 15) is 9.59 Å². The van der Waals surface area contributed by atoms with E-state index >= 15 is 0 Å². The van der Waals surface area contributed by atoms with Crippen molar-refractivity contribution in [3.05, 3.63) is 62.3 Å². The van der Waals surface area contributed by atoms with E-state index in [0.29, 0.717) is 19.4 Å². The third-order valence-electron chi connectivity index (χ3n) is 3.41. The Morgan fingerprint density at radius 2 is 1.96 bits per heavy atom. The molecule has 0 fully saturated rings. The molecule has 1 amide bonds. The Morgan fingerprint density at radius 1 is 1.20 bits per heavy atom. The van der Waals surface area contributed by atoms with Gasteiger partial charge in [0.15, 0.2) is 0 Å². The van der Waals surface area contributed by atoms with E-state index in [2.05, 4.69) is 21.2 Å². The van der Waals surface area contributed by atoms with Crippen LogP contribution in [0.5, 0.6) is 0 Å². The number of ether oxygens (including phenoxy) is 1. The van der Waals surface area contributed by atoms with Gasteiger partial charge < -0.3 is 10.1 Å². The molecule has 6 heteroatoms. The summed E-state index contributed by atoms with van der Waals surface area (Å²) in [6.45, 7) is 2.51. The molecule has 1 N–H and O–H groups in total. The lowest BCUT2D eigenvalue weighted by Crippen LogP contribution is -2.28. The number of carbonyl (C=O) groups excluding carboxylic acids is 2. The van der Waals surface area contributed by atoms with Gasteiger partial charge in [-0.3, -0.25) is 4.79 Å². The molecule has 25 heavy (non-hydrogen) atoms. The third-order valence-corrected chi connectivity index (χ3v) is 5.00. The summed E-state index contributed by atoms with van der Waals surface area (Å²) in [7, 11) is 0. The van der Waals surface area contributed by atoms with Gasteiger partial charge in [0.05, 0.1) is 10.3 Å². The van der Waals surface area contributed by atoms with E-state index in [-0.39, 0.29) is 12.5 Å². The van der Waals surface area contributed by atoms with Gasteiger partial charge >= 0.3 is 5.97 Å². The maximum absolute atomic E-state index is 11.8. The Bertz CT molecular complexity index is 737. The van der Waals surface area contributed by atoms with Crippen LogP contribution in [0.3, 0.4) is 0 Å². The molecule has 1 aromatic carbocycles. The van der Waals surface area contributed by atoms with Crippen molar-refractivity contribution in [2.24, 2.45) is 0 Å². The van der Waals surface area contributed by atoms with Gasteiger partial charge in [0.1, 0.15) is 6.61 Å². The first-order valence-electron chi connectivity index (χ1n) is 7.95. The maximum Gasteiger partial charge on any atom is 0.330 e. The summed E-state index contributed by atoms with van der Waals surface area (Å²) >= 11 is 4.89. The summed E-state index contributed by atoms with van der Waals surface area (Å²) in [6.07, 6.45) is 4.21. The van der Waals surface area contributed by atoms with Gasteiger partial charge in [-0.25, -0.2) is 4.79 Å². The van der Waals surface area contributed by atoms with Crippen LogP contribution in [0, 0.1) is 6.92 Å². The van der Waals surface area contributed by atoms with Crippen molar-refractivity contribution in [1.82, 2.24) is 5.32 Å². The van der Waals surface area contributed by atoms with Crippen LogP contribution in [-0.2, 0) is 20.7 Å². The van der Waals surface area contributed by atoms with Crippen LogP contribution >= 0.6 is 27.3 Å². The number of hydrogen-bond donors (Lipinski definition) is 1. The minimum atomic E-state index is -0.418. The summed E-state index contributed by atoms with van der Waals surface area (Å²) in [4.78, 5) is 24.3. The quantitative estimate of drug-likeness (QED) is 0.396. The number of esters is 1. The number of hydrogen-bond acceptors (Lipinski definition) is 4. The molecule has 0 unspecified atom stereocenters. The number of halogens is 1. The Kier molecular flexibility index (Phi) is 7.88. The Labute approximate surface area is 160 Å². The molecule has 0 saturated carbocycles. The zero-order valence-corrected chi connectivity index (χ0v) is 16.4. The molecule has 0 aliphatic heterocycles. The summed E-state index contributed by atoms with van der Waals surface area (Å²) in [5.41, 5.74) is 2.34. The van der Waals surface area contributed by atoms with Gasteiger partial charge in [-0.2, -0.15) is 0 Å². The monoisotopic (exact) mass is 421 g/mol. The molecule has 0 radical (unpaired) electrons. The number of benzene rings is 1. The van der Waals surface area contributed by atoms with E-state index in [4.69, 9.17) is 4.74 Å².